The number of carbonyl (C=O) groups excluding carboxylic acids is 5. The van der Waals surface area contributed by atoms with Crippen LogP contribution in [0.3, 0.4) is 0 Å². The number of amides is 5. The second-order valence-corrected chi connectivity index (χ2v) is 16.9. The minimum atomic E-state index is -1.000. The Bertz CT molecular complexity index is 2460. The SMILES string of the molecule is COc1cc(Nc2c(C#N)cnc3cc(OCCCN4CCN(C(=O)CCCCCSc5cccc6c5C(=O)N(C5CCC(=O)NC5=O)C6=O)CC4)c(OC)cc23)c(Cl)cc1Cl. The number of nitriles is 1. The Hall–Kier alpha value is -5.60. The van der Waals surface area contributed by atoms with Crippen LogP contribution < -0.4 is 24.8 Å². The van der Waals surface area contributed by atoms with Crippen LogP contribution in [-0.4, -0.2) is 115 Å². The van der Waals surface area contributed by atoms with E-state index in [0.29, 0.717) is 97.5 Å². The minimum absolute atomic E-state index is 0.0703. The van der Waals surface area contributed by atoms with E-state index in [1.165, 1.54) is 25.1 Å². The van der Waals surface area contributed by atoms with Crippen molar-refractivity contribution in [3.8, 4) is 23.3 Å². The predicted octanol–water partition coefficient (Wildman–Crippen LogP) is 6.84. The number of imide groups is 2. The molecular weight excluding hydrogens is 857 g/mol. The molecule has 18 heteroatoms. The van der Waals surface area contributed by atoms with E-state index in [4.69, 9.17) is 37.4 Å². The summed E-state index contributed by atoms with van der Waals surface area (Å²) in [6, 6.07) is 13.1. The fourth-order valence-electron chi connectivity index (χ4n) is 7.80. The van der Waals surface area contributed by atoms with Gasteiger partial charge >= 0.3 is 0 Å². The zero-order chi connectivity index (χ0) is 43.9. The normalized spacial score (nSPS) is 16.6. The van der Waals surface area contributed by atoms with Gasteiger partial charge in [0.05, 0.1) is 64.5 Å². The molecule has 2 saturated heterocycles. The molecule has 3 aliphatic rings. The number of hydrogen-bond donors (Lipinski definition) is 2. The van der Waals surface area contributed by atoms with Crippen molar-refractivity contribution < 1.29 is 38.2 Å². The lowest BCUT2D eigenvalue weighted by Crippen LogP contribution is -2.54. The number of thioether (sulfide) groups is 1. The maximum atomic E-state index is 13.4. The summed E-state index contributed by atoms with van der Waals surface area (Å²) in [5.74, 6) is 0.220. The molecule has 62 heavy (non-hydrogen) atoms. The second kappa shape index (κ2) is 20.1. The van der Waals surface area contributed by atoms with E-state index in [9.17, 15) is 29.2 Å². The number of aromatic nitrogens is 1. The van der Waals surface area contributed by atoms with Crippen molar-refractivity contribution >= 4 is 86.8 Å². The van der Waals surface area contributed by atoms with Gasteiger partial charge in [0.2, 0.25) is 17.7 Å². The summed E-state index contributed by atoms with van der Waals surface area (Å²) < 4.78 is 17.2. The summed E-state index contributed by atoms with van der Waals surface area (Å²) in [6.45, 7) is 4.11. The number of nitrogens with zero attached hydrogens (tertiary/aromatic N) is 5. The third-order valence-corrected chi connectivity index (χ3v) is 12.9. The Morgan fingerprint density at radius 2 is 1.74 bits per heavy atom. The lowest BCUT2D eigenvalue weighted by molar-refractivity contribution is -0.136. The maximum absolute atomic E-state index is 13.4. The Labute approximate surface area is 372 Å². The molecule has 4 heterocycles. The quantitative estimate of drug-likeness (QED) is 0.0639. The Morgan fingerprint density at radius 3 is 2.48 bits per heavy atom. The maximum Gasteiger partial charge on any atom is 0.263 e. The highest BCUT2D eigenvalue weighted by atomic mass is 35.5. The van der Waals surface area contributed by atoms with Crippen LogP contribution in [0.15, 0.2) is 53.6 Å². The average molecular weight is 903 g/mol. The van der Waals surface area contributed by atoms with Gasteiger partial charge in [-0.1, -0.05) is 35.7 Å². The van der Waals surface area contributed by atoms with Crippen molar-refractivity contribution in [1.29, 1.82) is 5.26 Å². The van der Waals surface area contributed by atoms with E-state index < -0.39 is 29.7 Å². The van der Waals surface area contributed by atoms with Gasteiger partial charge in [0.25, 0.3) is 11.8 Å². The molecular formula is C44H45Cl2N7O8S. The van der Waals surface area contributed by atoms with E-state index in [1.807, 2.05) is 4.90 Å². The minimum Gasteiger partial charge on any atom is -0.495 e. The zero-order valence-electron chi connectivity index (χ0n) is 34.3. The van der Waals surface area contributed by atoms with Crippen LogP contribution in [0.5, 0.6) is 17.2 Å². The third kappa shape index (κ3) is 9.71. The van der Waals surface area contributed by atoms with Gasteiger partial charge in [-0.25, -0.2) is 0 Å². The van der Waals surface area contributed by atoms with Crippen molar-refractivity contribution in [2.24, 2.45) is 0 Å². The van der Waals surface area contributed by atoms with Gasteiger partial charge in [-0.3, -0.25) is 44.1 Å². The molecule has 5 amide bonds. The van der Waals surface area contributed by atoms with Crippen LogP contribution >= 0.6 is 35.0 Å². The number of ether oxygens (including phenoxy) is 3. The van der Waals surface area contributed by atoms with Crippen LogP contribution in [0.2, 0.25) is 10.0 Å². The molecule has 324 valence electrons. The molecule has 3 aliphatic heterocycles. The fraction of sp³-hybridized carbons (Fsp3) is 0.386. The van der Waals surface area contributed by atoms with Crippen LogP contribution in [-0.2, 0) is 14.4 Å². The van der Waals surface area contributed by atoms with E-state index >= 15 is 0 Å². The first kappa shape index (κ1) is 44.5. The van der Waals surface area contributed by atoms with Crippen molar-refractivity contribution in [2.75, 3.05) is 64.6 Å². The molecule has 0 bridgehead atoms. The smallest absolute Gasteiger partial charge is 0.263 e. The number of piperazine rings is 1. The summed E-state index contributed by atoms with van der Waals surface area (Å²) in [5, 5.41) is 16.7. The number of halogens is 2. The van der Waals surface area contributed by atoms with Gasteiger partial charge in [-0.15, -0.1) is 11.8 Å². The first-order valence-corrected chi connectivity index (χ1v) is 22.1. The predicted molar refractivity (Wildman–Crippen MR) is 235 cm³/mol. The summed E-state index contributed by atoms with van der Waals surface area (Å²) in [6.07, 6.45) is 5.31. The van der Waals surface area contributed by atoms with Crippen LogP contribution in [0.4, 0.5) is 11.4 Å². The van der Waals surface area contributed by atoms with Gasteiger partial charge in [-0.2, -0.15) is 5.26 Å². The topological polar surface area (TPSA) is 183 Å². The highest BCUT2D eigenvalue weighted by Crippen LogP contribution is 2.41. The Morgan fingerprint density at radius 1 is 0.952 bits per heavy atom. The summed E-state index contributed by atoms with van der Waals surface area (Å²) in [7, 11) is 3.06. The second-order valence-electron chi connectivity index (χ2n) is 15.0. The van der Waals surface area contributed by atoms with Crippen molar-refractivity contribution in [1.82, 2.24) is 25.0 Å². The van der Waals surface area contributed by atoms with E-state index in [2.05, 4.69) is 26.6 Å². The number of pyridine rings is 1. The molecule has 0 spiro atoms. The molecule has 3 aromatic carbocycles. The molecule has 1 unspecified atom stereocenters. The lowest BCUT2D eigenvalue weighted by Gasteiger charge is -2.34. The lowest BCUT2D eigenvalue weighted by atomic mass is 10.0. The van der Waals surface area contributed by atoms with Gasteiger partial charge in [0, 0.05) is 74.2 Å². The number of hydrogen-bond acceptors (Lipinski definition) is 13. The van der Waals surface area contributed by atoms with Crippen LogP contribution in [0.1, 0.15) is 71.2 Å². The first-order chi connectivity index (χ1) is 30.0. The number of rotatable bonds is 17. The van der Waals surface area contributed by atoms with Gasteiger partial charge in [0.1, 0.15) is 17.9 Å². The number of carbonyl (C=O) groups is 5. The molecule has 1 aromatic heterocycles. The average Bonchev–Trinajstić information content (AvgIpc) is 3.53. The molecule has 0 aliphatic carbocycles. The van der Waals surface area contributed by atoms with Gasteiger partial charge < -0.3 is 24.4 Å². The molecule has 2 fully saturated rings. The van der Waals surface area contributed by atoms with E-state index in [-0.39, 0.29) is 24.3 Å². The van der Waals surface area contributed by atoms with Crippen LogP contribution in [0.25, 0.3) is 10.9 Å². The molecule has 7 rings (SSSR count). The summed E-state index contributed by atoms with van der Waals surface area (Å²) >= 11 is 14.2. The molecule has 0 saturated carbocycles. The fourth-order valence-corrected chi connectivity index (χ4v) is 9.39. The number of fused-ring (bicyclic) bond motifs is 2. The number of nitrogens with one attached hydrogen (secondary N) is 2. The van der Waals surface area contributed by atoms with Crippen molar-refractivity contribution in [2.45, 2.75) is 55.9 Å². The largest absolute Gasteiger partial charge is 0.495 e. The molecule has 1 atom stereocenters. The van der Waals surface area contributed by atoms with Gasteiger partial charge in [0.15, 0.2) is 11.5 Å². The first-order valence-electron chi connectivity index (χ1n) is 20.3. The number of piperidine rings is 1. The highest BCUT2D eigenvalue weighted by Gasteiger charge is 2.45. The van der Waals surface area contributed by atoms with E-state index in [0.717, 1.165) is 50.2 Å². The van der Waals surface area contributed by atoms with Gasteiger partial charge in [-0.05, 0) is 55.7 Å². The molecule has 4 aromatic rings. The van der Waals surface area contributed by atoms with Crippen molar-refractivity contribution in [3.63, 3.8) is 0 Å². The standard InChI is InChI=1S/C44H45Cl2N7O8S/c1-59-34-23-32(29(45)21-30(34)46)49-41-26(24-47)25-48-31-22-36(35(60-2)20-28(31)41)61-18-7-13-51-14-16-52(17-15-51)39(55)10-4-3-5-19-62-37-9-6-8-27-40(37)44(58)53(43(27)57)33-11-12-38(54)50-42(33)56/h6,8-9,20-23,25,33H,3-5,7,10-19H2,1-2H3,(H,48,49)(H,50,54,56). The molecule has 2 N–H and O–H groups in total. The Balaban J connectivity index is 0.823. The molecule has 15 nitrogen and oxygen atoms in total. The number of anilines is 2. The molecule has 0 radical (unpaired) electrons. The number of benzene rings is 3. The third-order valence-electron chi connectivity index (χ3n) is 11.1. The number of methoxy groups -OCH3 is 2. The monoisotopic (exact) mass is 901 g/mol. The Kier molecular flexibility index (Phi) is 14.4. The highest BCUT2D eigenvalue weighted by molar-refractivity contribution is 7.99. The van der Waals surface area contributed by atoms with E-state index in [1.54, 1.807) is 49.6 Å². The van der Waals surface area contributed by atoms with Crippen LogP contribution in [0, 0.1) is 11.3 Å². The number of unbranched alkanes of at least 4 members (excludes halogenated alkanes) is 2. The zero-order valence-corrected chi connectivity index (χ0v) is 36.6. The van der Waals surface area contributed by atoms with Crippen molar-refractivity contribution in [3.05, 3.63) is 75.4 Å². The summed E-state index contributed by atoms with van der Waals surface area (Å²) in [4.78, 5) is 74.0. The summed E-state index contributed by atoms with van der Waals surface area (Å²) in [5.41, 5.74) is 2.47.